The van der Waals surface area contributed by atoms with Crippen molar-refractivity contribution < 1.29 is 9.90 Å². The molecule has 0 amide bonds. The summed E-state index contributed by atoms with van der Waals surface area (Å²) in [5.41, 5.74) is 0.708. The number of aliphatic hydroxyl groups is 1. The first kappa shape index (κ1) is 23.0. The summed E-state index contributed by atoms with van der Waals surface area (Å²) in [5, 5.41) is 16.7. The summed E-state index contributed by atoms with van der Waals surface area (Å²) < 4.78 is 1.76. The summed E-state index contributed by atoms with van der Waals surface area (Å²) >= 11 is 6.08. The Morgan fingerprint density at radius 2 is 1.85 bits per heavy atom. The van der Waals surface area contributed by atoms with E-state index in [2.05, 4.69) is 23.9 Å². The summed E-state index contributed by atoms with van der Waals surface area (Å²) in [6.45, 7) is 7.29. The molecule has 4 aliphatic rings. The molecule has 0 spiro atoms. The summed E-state index contributed by atoms with van der Waals surface area (Å²) in [6.07, 6.45) is 13.5. The van der Waals surface area contributed by atoms with E-state index in [1.807, 2.05) is 13.0 Å². The second-order valence-electron chi connectivity index (χ2n) is 12.9. The molecule has 4 fully saturated rings. The van der Waals surface area contributed by atoms with E-state index in [9.17, 15) is 9.90 Å². The van der Waals surface area contributed by atoms with Gasteiger partial charge in [0.15, 0.2) is 11.4 Å². The van der Waals surface area contributed by atoms with Gasteiger partial charge in [0.25, 0.3) is 0 Å². The van der Waals surface area contributed by atoms with Crippen LogP contribution in [0.5, 0.6) is 0 Å². The molecular weight excluding hydrogens is 446 g/mol. The van der Waals surface area contributed by atoms with Gasteiger partial charge in [-0.15, -0.1) is 0 Å². The molecule has 0 radical (unpaired) electrons. The van der Waals surface area contributed by atoms with Crippen LogP contribution in [0.25, 0.3) is 11.0 Å². The van der Waals surface area contributed by atoms with Crippen molar-refractivity contribution in [3.05, 3.63) is 23.5 Å². The first-order chi connectivity index (χ1) is 16.1. The molecule has 34 heavy (non-hydrogen) atoms. The first-order valence-corrected chi connectivity index (χ1v) is 13.7. The van der Waals surface area contributed by atoms with Crippen LogP contribution in [0.4, 0.5) is 0 Å². The maximum Gasteiger partial charge on any atom is 0.158 e. The third kappa shape index (κ3) is 3.40. The SMILES string of the molecule is C[C@@]1(O)CC[C@@]2(C)[C@H](CC[C@@H]3[C@@H]2CC[C@]2(C)[C@@H](C(=O)Cn4ncc5cc(Cl)cnc54)CC[C@@H]32)C1. The summed E-state index contributed by atoms with van der Waals surface area (Å²) in [6, 6.07) is 1.85. The van der Waals surface area contributed by atoms with Crippen LogP contribution in [0.3, 0.4) is 0 Å². The zero-order valence-corrected chi connectivity index (χ0v) is 21.5. The fourth-order valence-electron chi connectivity index (χ4n) is 9.28. The largest absolute Gasteiger partial charge is 0.390 e. The number of carbonyl (C=O) groups is 1. The molecule has 0 aliphatic heterocycles. The Kier molecular flexibility index (Phi) is 5.25. The van der Waals surface area contributed by atoms with Gasteiger partial charge < -0.3 is 5.11 Å². The molecule has 0 unspecified atom stereocenters. The molecule has 8 atom stereocenters. The lowest BCUT2D eigenvalue weighted by molar-refractivity contribution is -0.151. The summed E-state index contributed by atoms with van der Waals surface area (Å²) in [4.78, 5) is 18.1. The Bertz CT molecular complexity index is 1130. The molecule has 0 bridgehead atoms. The first-order valence-electron chi connectivity index (χ1n) is 13.3. The third-order valence-corrected chi connectivity index (χ3v) is 11.3. The van der Waals surface area contributed by atoms with Crippen molar-refractivity contribution in [3.8, 4) is 0 Å². The molecule has 4 saturated carbocycles. The highest BCUT2D eigenvalue weighted by Gasteiger charge is 2.61. The normalized spacial score (nSPS) is 43.9. The van der Waals surface area contributed by atoms with Crippen molar-refractivity contribution >= 4 is 28.4 Å². The van der Waals surface area contributed by atoms with E-state index in [0.717, 1.165) is 55.0 Å². The smallest absolute Gasteiger partial charge is 0.158 e. The number of carbonyl (C=O) groups excluding carboxylic acids is 1. The van der Waals surface area contributed by atoms with Crippen LogP contribution in [0, 0.1) is 40.4 Å². The van der Waals surface area contributed by atoms with Crippen LogP contribution in [-0.4, -0.2) is 31.3 Å². The molecule has 6 rings (SSSR count). The highest BCUT2D eigenvalue weighted by molar-refractivity contribution is 6.31. The molecule has 1 N–H and O–H groups in total. The van der Waals surface area contributed by atoms with E-state index in [1.54, 1.807) is 17.1 Å². The van der Waals surface area contributed by atoms with Gasteiger partial charge >= 0.3 is 0 Å². The minimum atomic E-state index is -0.484. The standard InChI is InChI=1S/C28H38ClN3O2/c1-26(34)10-11-27(2)18(13-26)4-5-20-21-6-7-23(28(21,3)9-8-22(20)27)24(33)16-32-25-17(14-31-32)12-19(29)15-30-25/h12,14-15,18,20-23,34H,4-11,13,16H2,1-3H3/t18-,20+,21+,22+,23-,26-,27+,28+/m1/s1. The number of fused-ring (bicyclic) bond motifs is 6. The number of ketones is 1. The number of nitrogens with zero attached hydrogens (tertiary/aromatic N) is 3. The van der Waals surface area contributed by atoms with Crippen molar-refractivity contribution in [2.24, 2.45) is 40.4 Å². The highest BCUT2D eigenvalue weighted by Crippen LogP contribution is 2.68. The second-order valence-corrected chi connectivity index (χ2v) is 13.3. The number of aromatic nitrogens is 3. The number of halogens is 1. The number of hydrogen-bond donors (Lipinski definition) is 1. The van der Waals surface area contributed by atoms with Crippen LogP contribution < -0.4 is 0 Å². The lowest BCUT2D eigenvalue weighted by Crippen LogP contribution is -2.55. The Labute approximate surface area is 207 Å². The summed E-state index contributed by atoms with van der Waals surface area (Å²) in [7, 11) is 0. The van der Waals surface area contributed by atoms with E-state index >= 15 is 0 Å². The Morgan fingerprint density at radius 3 is 2.68 bits per heavy atom. The number of hydrogen-bond acceptors (Lipinski definition) is 4. The second kappa shape index (κ2) is 7.77. The topological polar surface area (TPSA) is 68.0 Å². The predicted octanol–water partition coefficient (Wildman–Crippen LogP) is 6.06. The lowest BCUT2D eigenvalue weighted by Gasteiger charge is -2.61. The summed E-state index contributed by atoms with van der Waals surface area (Å²) in [5.74, 6) is 3.21. The quantitative estimate of drug-likeness (QED) is 0.575. The maximum absolute atomic E-state index is 13.7. The molecule has 184 valence electrons. The van der Waals surface area contributed by atoms with Crippen LogP contribution in [0.2, 0.25) is 5.02 Å². The molecule has 2 heterocycles. The molecule has 5 nitrogen and oxygen atoms in total. The van der Waals surface area contributed by atoms with Crippen molar-refractivity contribution in [3.63, 3.8) is 0 Å². The fourth-order valence-corrected chi connectivity index (χ4v) is 9.44. The maximum atomic E-state index is 13.7. The van der Waals surface area contributed by atoms with Crippen molar-refractivity contribution in [2.75, 3.05) is 0 Å². The lowest BCUT2D eigenvalue weighted by atomic mass is 9.44. The van der Waals surface area contributed by atoms with Crippen LogP contribution in [-0.2, 0) is 11.3 Å². The zero-order valence-electron chi connectivity index (χ0n) is 20.8. The molecular formula is C28H38ClN3O2. The van der Waals surface area contributed by atoms with Gasteiger partial charge in [-0.2, -0.15) is 5.10 Å². The van der Waals surface area contributed by atoms with Gasteiger partial charge in [0.2, 0.25) is 0 Å². The minimum Gasteiger partial charge on any atom is -0.390 e. The average Bonchev–Trinajstić information content (AvgIpc) is 3.34. The minimum absolute atomic E-state index is 0.0985. The van der Waals surface area contributed by atoms with Crippen LogP contribution >= 0.6 is 11.6 Å². The number of Topliss-reactive ketones (excluding diaryl/α,β-unsaturated/α-hetero) is 1. The van der Waals surface area contributed by atoms with Gasteiger partial charge in [0.1, 0.15) is 6.54 Å². The Morgan fingerprint density at radius 1 is 1.06 bits per heavy atom. The molecule has 0 aromatic carbocycles. The zero-order chi connectivity index (χ0) is 23.9. The predicted molar refractivity (Wildman–Crippen MR) is 133 cm³/mol. The van der Waals surface area contributed by atoms with Crippen molar-refractivity contribution in [1.82, 2.24) is 14.8 Å². The van der Waals surface area contributed by atoms with Gasteiger partial charge in [0, 0.05) is 17.5 Å². The van der Waals surface area contributed by atoms with Gasteiger partial charge in [-0.25, -0.2) is 9.67 Å². The Balaban J connectivity index is 1.21. The third-order valence-electron chi connectivity index (χ3n) is 11.1. The molecule has 4 aliphatic carbocycles. The molecule has 6 heteroatoms. The van der Waals surface area contributed by atoms with Crippen molar-refractivity contribution in [1.29, 1.82) is 0 Å². The van der Waals surface area contributed by atoms with E-state index in [1.165, 1.54) is 25.7 Å². The highest BCUT2D eigenvalue weighted by atomic mass is 35.5. The van der Waals surface area contributed by atoms with Gasteiger partial charge in [-0.3, -0.25) is 4.79 Å². The van der Waals surface area contributed by atoms with Crippen LogP contribution in [0.15, 0.2) is 18.5 Å². The van der Waals surface area contributed by atoms with E-state index < -0.39 is 5.60 Å². The fraction of sp³-hybridized carbons (Fsp3) is 0.750. The molecule has 0 saturated heterocycles. The van der Waals surface area contributed by atoms with Crippen LogP contribution in [0.1, 0.15) is 78.6 Å². The molecule has 2 aromatic rings. The van der Waals surface area contributed by atoms with Gasteiger partial charge in [-0.1, -0.05) is 25.4 Å². The van der Waals surface area contributed by atoms with E-state index in [-0.39, 0.29) is 11.3 Å². The van der Waals surface area contributed by atoms with Gasteiger partial charge in [0.05, 0.1) is 16.8 Å². The Hall–Kier alpha value is -1.46. The van der Waals surface area contributed by atoms with Crippen molar-refractivity contribution in [2.45, 2.75) is 90.7 Å². The number of pyridine rings is 1. The van der Waals surface area contributed by atoms with Gasteiger partial charge in [-0.05, 0) is 105 Å². The molecule has 2 aromatic heterocycles. The number of rotatable bonds is 3. The monoisotopic (exact) mass is 483 g/mol. The van der Waals surface area contributed by atoms with E-state index in [0.29, 0.717) is 34.6 Å². The van der Waals surface area contributed by atoms with E-state index in [4.69, 9.17) is 11.6 Å². The average molecular weight is 484 g/mol.